The summed E-state index contributed by atoms with van der Waals surface area (Å²) in [5, 5.41) is 8.40. The summed E-state index contributed by atoms with van der Waals surface area (Å²) < 4.78 is 14.4. The summed E-state index contributed by atoms with van der Waals surface area (Å²) in [6.45, 7) is 0. The Morgan fingerprint density at radius 1 is 0.871 bits per heavy atom. The van der Waals surface area contributed by atoms with E-state index in [-0.39, 0.29) is 5.82 Å². The number of nitrogens with one attached hydrogen (secondary N) is 2. The lowest BCUT2D eigenvalue weighted by Gasteiger charge is -2.03. The highest BCUT2D eigenvalue weighted by atomic mass is 19.1. The number of halogens is 1. The number of aromatic nitrogens is 7. The van der Waals surface area contributed by atoms with Crippen molar-refractivity contribution in [1.82, 2.24) is 35.1 Å². The highest BCUT2D eigenvalue weighted by Crippen LogP contribution is 2.33. The van der Waals surface area contributed by atoms with E-state index >= 15 is 0 Å². The summed E-state index contributed by atoms with van der Waals surface area (Å²) in [6, 6.07) is 14.4. The molecule has 0 aliphatic carbocycles. The average molecular weight is 407 g/mol. The van der Waals surface area contributed by atoms with Crippen molar-refractivity contribution < 1.29 is 4.39 Å². The van der Waals surface area contributed by atoms with Crippen LogP contribution in [0.4, 0.5) is 4.39 Å². The highest BCUT2D eigenvalue weighted by molar-refractivity contribution is 5.97. The van der Waals surface area contributed by atoms with Crippen molar-refractivity contribution in [1.29, 1.82) is 0 Å². The van der Waals surface area contributed by atoms with Gasteiger partial charge in [-0.25, -0.2) is 24.3 Å². The maximum absolute atomic E-state index is 14.4. The molecule has 0 aliphatic rings. The molecule has 4 aromatic heterocycles. The first-order valence-corrected chi connectivity index (χ1v) is 9.61. The number of benzene rings is 2. The van der Waals surface area contributed by atoms with E-state index < -0.39 is 0 Å². The lowest BCUT2D eigenvalue weighted by atomic mass is 10.1. The van der Waals surface area contributed by atoms with Crippen molar-refractivity contribution >= 4 is 22.1 Å². The molecule has 0 radical (unpaired) electrons. The van der Waals surface area contributed by atoms with Gasteiger partial charge in [0.2, 0.25) is 0 Å². The molecule has 0 amide bonds. The molecular formula is C23H14FN7. The van der Waals surface area contributed by atoms with E-state index in [0.717, 1.165) is 22.0 Å². The average Bonchev–Trinajstić information content (AvgIpc) is 3.43. The topological polar surface area (TPSA) is 96.0 Å². The van der Waals surface area contributed by atoms with Gasteiger partial charge in [0.15, 0.2) is 11.5 Å². The zero-order chi connectivity index (χ0) is 20.8. The van der Waals surface area contributed by atoms with Crippen molar-refractivity contribution in [2.24, 2.45) is 0 Å². The highest BCUT2D eigenvalue weighted by Gasteiger charge is 2.17. The molecule has 6 aromatic rings. The van der Waals surface area contributed by atoms with Crippen LogP contribution >= 0.6 is 0 Å². The molecule has 7 nitrogen and oxygen atoms in total. The zero-order valence-corrected chi connectivity index (χ0v) is 16.0. The molecule has 6 rings (SSSR count). The van der Waals surface area contributed by atoms with Gasteiger partial charge in [-0.2, -0.15) is 5.10 Å². The van der Waals surface area contributed by atoms with Crippen molar-refractivity contribution in [3.05, 3.63) is 79.3 Å². The number of aromatic amines is 2. The van der Waals surface area contributed by atoms with Crippen LogP contribution in [-0.2, 0) is 0 Å². The van der Waals surface area contributed by atoms with Crippen LogP contribution in [0.2, 0.25) is 0 Å². The van der Waals surface area contributed by atoms with Crippen LogP contribution < -0.4 is 0 Å². The van der Waals surface area contributed by atoms with Crippen LogP contribution in [0.25, 0.3) is 55.8 Å². The molecular weight excluding hydrogens is 393 g/mol. The number of rotatable bonds is 3. The van der Waals surface area contributed by atoms with Crippen LogP contribution in [0.1, 0.15) is 0 Å². The molecule has 2 N–H and O–H groups in total. The fourth-order valence-corrected chi connectivity index (χ4v) is 3.75. The lowest BCUT2D eigenvalue weighted by molar-refractivity contribution is 0.631. The number of H-pyrrole nitrogens is 2. The molecule has 0 saturated heterocycles. The zero-order valence-electron chi connectivity index (χ0n) is 16.0. The van der Waals surface area contributed by atoms with Gasteiger partial charge in [-0.3, -0.25) is 5.10 Å². The number of hydrogen-bond donors (Lipinski definition) is 2. The first-order valence-electron chi connectivity index (χ1n) is 9.61. The summed E-state index contributed by atoms with van der Waals surface area (Å²) in [5.41, 5.74) is 5.75. The van der Waals surface area contributed by atoms with Crippen molar-refractivity contribution in [3.8, 4) is 33.8 Å². The third-order valence-electron chi connectivity index (χ3n) is 5.24. The minimum Gasteiger partial charge on any atom is -0.335 e. The third kappa shape index (κ3) is 2.84. The van der Waals surface area contributed by atoms with Crippen LogP contribution in [-0.4, -0.2) is 35.1 Å². The van der Waals surface area contributed by atoms with E-state index in [0.29, 0.717) is 33.8 Å². The van der Waals surface area contributed by atoms with Crippen LogP contribution in [0.5, 0.6) is 0 Å². The molecule has 0 saturated carbocycles. The minimum absolute atomic E-state index is 0.300. The number of pyridine rings is 1. The standard InChI is InChI=1S/C23H14FN7/c24-18-4-2-1-3-15(18)16-7-8-27-22-20(16)28-23(29-22)21-17-9-13(5-6-19(17)30-31-21)14-10-25-12-26-11-14/h1-12H,(H,30,31)(H,27,28,29). The van der Waals surface area contributed by atoms with Gasteiger partial charge in [0.25, 0.3) is 0 Å². The third-order valence-corrected chi connectivity index (χ3v) is 5.24. The van der Waals surface area contributed by atoms with E-state index in [9.17, 15) is 4.39 Å². The Labute approximate surface area is 175 Å². The van der Waals surface area contributed by atoms with Gasteiger partial charge in [0, 0.05) is 40.7 Å². The fourth-order valence-electron chi connectivity index (χ4n) is 3.75. The molecule has 0 fully saturated rings. The maximum Gasteiger partial charge on any atom is 0.178 e. The lowest BCUT2D eigenvalue weighted by Crippen LogP contribution is -1.87. The smallest absolute Gasteiger partial charge is 0.178 e. The van der Waals surface area contributed by atoms with E-state index in [1.165, 1.54) is 12.4 Å². The predicted octanol–water partition coefficient (Wildman–Crippen LogP) is 4.76. The minimum atomic E-state index is -0.300. The van der Waals surface area contributed by atoms with Gasteiger partial charge in [0.1, 0.15) is 17.8 Å². The quantitative estimate of drug-likeness (QED) is 0.441. The Morgan fingerprint density at radius 3 is 2.61 bits per heavy atom. The molecule has 4 heterocycles. The van der Waals surface area contributed by atoms with Gasteiger partial charge < -0.3 is 4.98 Å². The molecule has 8 heteroatoms. The van der Waals surface area contributed by atoms with Gasteiger partial charge in [0.05, 0.1) is 11.0 Å². The number of hydrogen-bond acceptors (Lipinski definition) is 5. The Kier molecular flexibility index (Phi) is 3.82. The molecule has 0 spiro atoms. The van der Waals surface area contributed by atoms with Gasteiger partial charge in [-0.05, 0) is 29.8 Å². The van der Waals surface area contributed by atoms with Crippen molar-refractivity contribution in [2.45, 2.75) is 0 Å². The van der Waals surface area contributed by atoms with Gasteiger partial charge in [-0.15, -0.1) is 0 Å². The first-order chi connectivity index (χ1) is 15.3. The van der Waals surface area contributed by atoms with Crippen LogP contribution in [0.15, 0.2) is 73.4 Å². The predicted molar refractivity (Wildman–Crippen MR) is 115 cm³/mol. The van der Waals surface area contributed by atoms with Gasteiger partial charge in [-0.1, -0.05) is 24.3 Å². The molecule has 0 unspecified atom stereocenters. The van der Waals surface area contributed by atoms with Crippen LogP contribution in [0, 0.1) is 5.82 Å². The first kappa shape index (κ1) is 17.4. The normalized spacial score (nSPS) is 11.4. The van der Waals surface area contributed by atoms with Crippen molar-refractivity contribution in [2.75, 3.05) is 0 Å². The Bertz CT molecular complexity index is 1550. The maximum atomic E-state index is 14.4. The van der Waals surface area contributed by atoms with E-state index in [1.54, 1.807) is 42.9 Å². The second kappa shape index (κ2) is 6.81. The number of imidazole rings is 1. The molecule has 0 atom stereocenters. The summed E-state index contributed by atoms with van der Waals surface area (Å²) in [6.07, 6.45) is 6.66. The summed E-state index contributed by atoms with van der Waals surface area (Å²) in [7, 11) is 0. The molecule has 148 valence electrons. The number of nitrogens with zero attached hydrogens (tertiary/aromatic N) is 5. The van der Waals surface area contributed by atoms with E-state index in [4.69, 9.17) is 0 Å². The summed E-state index contributed by atoms with van der Waals surface area (Å²) >= 11 is 0. The monoisotopic (exact) mass is 407 g/mol. The second-order valence-electron chi connectivity index (χ2n) is 7.08. The number of fused-ring (bicyclic) bond motifs is 2. The van der Waals surface area contributed by atoms with Crippen LogP contribution in [0.3, 0.4) is 0 Å². The largest absolute Gasteiger partial charge is 0.335 e. The molecule has 0 bridgehead atoms. The van der Waals surface area contributed by atoms with E-state index in [2.05, 4.69) is 35.1 Å². The van der Waals surface area contributed by atoms with E-state index in [1.807, 2.05) is 18.2 Å². The van der Waals surface area contributed by atoms with Gasteiger partial charge >= 0.3 is 0 Å². The molecule has 31 heavy (non-hydrogen) atoms. The fraction of sp³-hybridized carbons (Fsp3) is 0. The summed E-state index contributed by atoms with van der Waals surface area (Å²) in [5.74, 6) is 0.255. The summed E-state index contributed by atoms with van der Waals surface area (Å²) in [4.78, 5) is 20.5. The SMILES string of the molecule is Fc1ccccc1-c1ccnc2nc(-c3n[nH]c4ccc(-c5cncnc5)cc34)[nH]c12. The second-order valence-corrected chi connectivity index (χ2v) is 7.08. The Hall–Kier alpha value is -4.46. The Balaban J connectivity index is 1.53. The molecule has 0 aliphatic heterocycles. The Morgan fingerprint density at radius 2 is 1.74 bits per heavy atom. The van der Waals surface area contributed by atoms with Crippen molar-refractivity contribution in [3.63, 3.8) is 0 Å². The molecule has 2 aromatic carbocycles.